The van der Waals surface area contributed by atoms with Gasteiger partial charge >= 0.3 is 8.25 Å². The molecular weight excluding hydrogens is 119 g/mol. The predicted octanol–water partition coefficient (Wildman–Crippen LogP) is -0.623. The first-order valence-corrected chi connectivity index (χ1v) is 3.03. The van der Waals surface area contributed by atoms with Gasteiger partial charge in [0.15, 0.2) is 0 Å². The number of rotatable bonds is 0. The van der Waals surface area contributed by atoms with Crippen LogP contribution in [0.25, 0.3) is 0 Å². The molecule has 4 nitrogen and oxygen atoms in total. The van der Waals surface area contributed by atoms with Crippen LogP contribution in [0.15, 0.2) is 0 Å². The zero-order valence-electron chi connectivity index (χ0n) is 3.63. The van der Waals surface area contributed by atoms with Crippen molar-refractivity contribution in [1.82, 2.24) is 0 Å². The summed E-state index contributed by atoms with van der Waals surface area (Å²) in [5, 5.41) is 0. The van der Waals surface area contributed by atoms with E-state index < -0.39 is 8.25 Å². The third-order valence-electron chi connectivity index (χ3n) is 0.204. The molecular formula is C2H7O4P. The minimum atomic E-state index is -3.13. The number of ether oxygens (including phenoxy) is 1. The number of epoxide rings is 1. The van der Waals surface area contributed by atoms with E-state index in [0.717, 1.165) is 13.2 Å². The Bertz CT molecular complexity index is 54.0. The summed E-state index contributed by atoms with van der Waals surface area (Å²) in [5.74, 6) is 0. The van der Waals surface area contributed by atoms with Crippen molar-refractivity contribution in [3.8, 4) is 0 Å². The van der Waals surface area contributed by atoms with Crippen molar-refractivity contribution in [2.75, 3.05) is 13.2 Å². The second kappa shape index (κ2) is 4.27. The molecule has 0 aliphatic carbocycles. The maximum Gasteiger partial charge on any atom is 0.314 e. The second-order valence-electron chi connectivity index (χ2n) is 0.895. The molecule has 0 saturated carbocycles. The zero-order valence-corrected chi connectivity index (χ0v) is 4.63. The molecule has 1 fully saturated rings. The number of hydrogen-bond donors (Lipinski definition) is 2. The largest absolute Gasteiger partial charge is 0.377 e. The van der Waals surface area contributed by atoms with E-state index in [1.165, 1.54) is 0 Å². The second-order valence-corrected chi connectivity index (χ2v) is 1.46. The van der Waals surface area contributed by atoms with Crippen molar-refractivity contribution < 1.29 is 19.1 Å². The Morgan fingerprint density at radius 3 is 1.57 bits per heavy atom. The molecule has 1 heterocycles. The van der Waals surface area contributed by atoms with Crippen LogP contribution in [0, 0.1) is 0 Å². The van der Waals surface area contributed by atoms with Crippen LogP contribution in [0.1, 0.15) is 0 Å². The molecule has 0 spiro atoms. The monoisotopic (exact) mass is 126 g/mol. The van der Waals surface area contributed by atoms with Gasteiger partial charge in [-0.1, -0.05) is 0 Å². The highest BCUT2D eigenvalue weighted by Crippen LogP contribution is 1.98. The summed E-state index contributed by atoms with van der Waals surface area (Å²) in [6.45, 7) is 2.00. The molecule has 0 unspecified atom stereocenters. The molecule has 0 bridgehead atoms. The summed E-state index contributed by atoms with van der Waals surface area (Å²) in [6, 6.07) is 0. The molecule has 0 atom stereocenters. The first-order chi connectivity index (χ1) is 3.23. The van der Waals surface area contributed by atoms with Gasteiger partial charge in [0.2, 0.25) is 0 Å². The summed E-state index contributed by atoms with van der Waals surface area (Å²) in [6.07, 6.45) is 0. The van der Waals surface area contributed by atoms with E-state index >= 15 is 0 Å². The first kappa shape index (κ1) is 7.11. The fourth-order valence-corrected chi connectivity index (χ4v) is 0. The molecule has 2 N–H and O–H groups in total. The molecule has 1 aliphatic heterocycles. The van der Waals surface area contributed by atoms with Gasteiger partial charge in [0, 0.05) is 0 Å². The predicted molar refractivity (Wildman–Crippen MR) is 24.3 cm³/mol. The average molecular weight is 126 g/mol. The van der Waals surface area contributed by atoms with Crippen molar-refractivity contribution in [2.24, 2.45) is 0 Å². The molecule has 0 aromatic rings. The van der Waals surface area contributed by atoms with E-state index in [2.05, 4.69) is 4.74 Å². The summed E-state index contributed by atoms with van der Waals surface area (Å²) in [5.41, 5.74) is 0. The van der Waals surface area contributed by atoms with Crippen LogP contribution in [0.3, 0.4) is 0 Å². The average Bonchev–Trinajstić information content (AvgIpc) is 2.02. The highest BCUT2D eigenvalue weighted by molar-refractivity contribution is 7.30. The molecule has 1 saturated heterocycles. The van der Waals surface area contributed by atoms with Crippen LogP contribution in [0.4, 0.5) is 0 Å². The lowest BCUT2D eigenvalue weighted by Crippen LogP contribution is -1.38. The van der Waals surface area contributed by atoms with Crippen molar-refractivity contribution in [3.05, 3.63) is 0 Å². The third-order valence-corrected chi connectivity index (χ3v) is 0.204. The van der Waals surface area contributed by atoms with Crippen LogP contribution in [-0.4, -0.2) is 23.0 Å². The fraction of sp³-hybridized carbons (Fsp3) is 1.00. The Morgan fingerprint density at radius 1 is 1.43 bits per heavy atom. The van der Waals surface area contributed by atoms with Crippen molar-refractivity contribution in [3.63, 3.8) is 0 Å². The van der Waals surface area contributed by atoms with Crippen LogP contribution >= 0.6 is 8.25 Å². The molecule has 0 radical (unpaired) electrons. The summed E-state index contributed by atoms with van der Waals surface area (Å²) < 4.78 is 13.2. The van der Waals surface area contributed by atoms with Gasteiger partial charge in [0.25, 0.3) is 0 Å². The summed E-state index contributed by atoms with van der Waals surface area (Å²) >= 11 is 0. The highest BCUT2D eigenvalue weighted by atomic mass is 31.1. The Kier molecular flexibility index (Phi) is 4.34. The minimum absolute atomic E-state index is 1.00. The van der Waals surface area contributed by atoms with Gasteiger partial charge < -0.3 is 14.5 Å². The van der Waals surface area contributed by atoms with Gasteiger partial charge in [-0.3, -0.25) is 4.57 Å². The van der Waals surface area contributed by atoms with Crippen molar-refractivity contribution >= 4 is 8.25 Å². The lowest BCUT2D eigenvalue weighted by Gasteiger charge is -1.61. The van der Waals surface area contributed by atoms with E-state index in [4.69, 9.17) is 14.4 Å². The normalized spacial score (nSPS) is 15.3. The van der Waals surface area contributed by atoms with E-state index in [9.17, 15) is 0 Å². The molecule has 1 rings (SSSR count). The quantitative estimate of drug-likeness (QED) is 0.335. The molecule has 0 aromatic heterocycles. The van der Waals surface area contributed by atoms with E-state index in [1.54, 1.807) is 0 Å². The highest BCUT2D eigenvalue weighted by Gasteiger charge is 1.94. The lowest BCUT2D eigenvalue weighted by molar-refractivity contribution is 0.405. The zero-order chi connectivity index (χ0) is 5.70. The Balaban J connectivity index is 0.000000105. The van der Waals surface area contributed by atoms with Gasteiger partial charge in [-0.2, -0.15) is 0 Å². The molecule has 0 amide bonds. The van der Waals surface area contributed by atoms with Crippen LogP contribution < -0.4 is 0 Å². The molecule has 5 heteroatoms. The molecule has 1 aliphatic rings. The number of hydrogen-bond acceptors (Lipinski definition) is 2. The summed E-state index contributed by atoms with van der Waals surface area (Å²) in [4.78, 5) is 14.3. The van der Waals surface area contributed by atoms with Crippen LogP contribution in [-0.2, 0) is 9.30 Å². The lowest BCUT2D eigenvalue weighted by atomic mass is 11.0. The summed E-state index contributed by atoms with van der Waals surface area (Å²) in [7, 11) is -3.13. The maximum absolute atomic E-state index is 8.74. The maximum atomic E-state index is 8.74. The molecule has 0 aromatic carbocycles. The van der Waals surface area contributed by atoms with Gasteiger partial charge in [-0.15, -0.1) is 0 Å². The van der Waals surface area contributed by atoms with Gasteiger partial charge in [0.1, 0.15) is 0 Å². The molecule has 7 heavy (non-hydrogen) atoms. The van der Waals surface area contributed by atoms with E-state index in [1.807, 2.05) is 0 Å². The van der Waals surface area contributed by atoms with Crippen molar-refractivity contribution in [2.45, 2.75) is 0 Å². The third kappa shape index (κ3) is 83.8. The topological polar surface area (TPSA) is 70.1 Å². The fourth-order valence-electron chi connectivity index (χ4n) is 0. The molecule has 44 valence electrons. The first-order valence-electron chi connectivity index (χ1n) is 1.73. The van der Waals surface area contributed by atoms with E-state index in [-0.39, 0.29) is 0 Å². The SMILES string of the molecule is C1CO1.O=[PH](O)O. The Morgan fingerprint density at radius 2 is 1.57 bits per heavy atom. The van der Waals surface area contributed by atoms with Gasteiger partial charge in [-0.05, 0) is 0 Å². The van der Waals surface area contributed by atoms with Gasteiger partial charge in [-0.25, -0.2) is 0 Å². The Labute approximate surface area is 41.7 Å². The van der Waals surface area contributed by atoms with Crippen LogP contribution in [0.5, 0.6) is 0 Å². The smallest absolute Gasteiger partial charge is 0.314 e. The van der Waals surface area contributed by atoms with Crippen LogP contribution in [0.2, 0.25) is 0 Å². The standard InChI is InChI=1S/C2H4O.H3O3P/c1-2-3-1;1-4(2)3/h1-2H2;4H,(H2,1,2,3). The minimum Gasteiger partial charge on any atom is -0.377 e. The Hall–Kier alpha value is 0.110. The van der Waals surface area contributed by atoms with E-state index in [0.29, 0.717) is 0 Å². The van der Waals surface area contributed by atoms with Crippen molar-refractivity contribution in [1.29, 1.82) is 0 Å². The van der Waals surface area contributed by atoms with Gasteiger partial charge in [0.05, 0.1) is 13.2 Å².